The molecule has 0 amide bonds. The topological polar surface area (TPSA) is 50.7 Å². The molecule has 20 heavy (non-hydrogen) atoms. The maximum absolute atomic E-state index is 4.59. The molecule has 1 unspecified atom stereocenters. The molecule has 0 bridgehead atoms. The molecule has 3 rings (SSSR count). The Morgan fingerprint density at radius 3 is 2.60 bits per heavy atom. The summed E-state index contributed by atoms with van der Waals surface area (Å²) >= 11 is 0. The first kappa shape index (κ1) is 12.7. The van der Waals surface area contributed by atoms with Crippen LogP contribution in [-0.2, 0) is 0 Å². The Kier molecular flexibility index (Phi) is 3.39. The lowest BCUT2D eigenvalue weighted by molar-refractivity contribution is 0.688. The van der Waals surface area contributed by atoms with Gasteiger partial charge in [0, 0.05) is 29.0 Å². The van der Waals surface area contributed by atoms with Crippen LogP contribution in [0, 0.1) is 6.92 Å². The second-order valence-corrected chi connectivity index (χ2v) is 4.76. The summed E-state index contributed by atoms with van der Waals surface area (Å²) in [7, 11) is 1.95. The van der Waals surface area contributed by atoms with Crippen LogP contribution in [0.1, 0.15) is 22.9 Å². The van der Waals surface area contributed by atoms with E-state index in [1.165, 1.54) is 5.56 Å². The molecular weight excluding hydrogens is 248 g/mol. The van der Waals surface area contributed by atoms with Gasteiger partial charge in [0.05, 0.1) is 11.6 Å². The minimum atomic E-state index is 0.0581. The fraction of sp³-hybridized carbons (Fsp3) is 0.188. The first-order chi connectivity index (χ1) is 9.79. The van der Waals surface area contributed by atoms with Gasteiger partial charge in [-0.05, 0) is 31.7 Å². The zero-order chi connectivity index (χ0) is 13.9. The Bertz CT molecular complexity index is 725. The molecule has 0 saturated carbocycles. The van der Waals surface area contributed by atoms with Crippen molar-refractivity contribution in [1.82, 2.24) is 20.3 Å². The van der Waals surface area contributed by atoms with E-state index in [-0.39, 0.29) is 6.04 Å². The van der Waals surface area contributed by atoms with Gasteiger partial charge in [-0.1, -0.05) is 18.2 Å². The molecule has 0 saturated heterocycles. The predicted molar refractivity (Wildman–Crippen MR) is 79.4 cm³/mol. The molecule has 100 valence electrons. The zero-order valence-corrected chi connectivity index (χ0v) is 11.5. The molecular formula is C16H16N4. The van der Waals surface area contributed by atoms with Crippen molar-refractivity contribution < 1.29 is 0 Å². The Labute approximate surface area is 117 Å². The third-order valence-electron chi connectivity index (χ3n) is 3.39. The molecule has 0 aliphatic carbocycles. The highest BCUT2D eigenvalue weighted by Crippen LogP contribution is 2.28. The summed E-state index contributed by atoms with van der Waals surface area (Å²) in [6.45, 7) is 2.02. The van der Waals surface area contributed by atoms with Gasteiger partial charge in [0.1, 0.15) is 6.33 Å². The Morgan fingerprint density at radius 2 is 1.85 bits per heavy atom. The molecule has 2 aromatic heterocycles. The summed E-state index contributed by atoms with van der Waals surface area (Å²) in [5.74, 6) is 0. The highest BCUT2D eigenvalue weighted by molar-refractivity contribution is 5.83. The smallest absolute Gasteiger partial charge is 0.115 e. The lowest BCUT2D eigenvalue weighted by Crippen LogP contribution is -2.18. The molecule has 4 heteroatoms. The van der Waals surface area contributed by atoms with Gasteiger partial charge in [-0.2, -0.15) is 0 Å². The Morgan fingerprint density at radius 1 is 1.10 bits per heavy atom. The van der Waals surface area contributed by atoms with Crippen LogP contribution in [0.2, 0.25) is 0 Å². The second-order valence-electron chi connectivity index (χ2n) is 4.76. The predicted octanol–water partition coefficient (Wildman–Crippen LogP) is 2.64. The van der Waals surface area contributed by atoms with Gasteiger partial charge in [0.25, 0.3) is 0 Å². The Balaban J connectivity index is 2.22. The monoisotopic (exact) mass is 264 g/mol. The van der Waals surface area contributed by atoms with Gasteiger partial charge in [0.2, 0.25) is 0 Å². The lowest BCUT2D eigenvalue weighted by Gasteiger charge is -2.19. The van der Waals surface area contributed by atoms with Crippen LogP contribution >= 0.6 is 0 Å². The van der Waals surface area contributed by atoms with E-state index in [1.54, 1.807) is 6.33 Å². The molecule has 0 aliphatic rings. The quantitative estimate of drug-likeness (QED) is 0.790. The van der Waals surface area contributed by atoms with Crippen LogP contribution in [0.15, 0.2) is 49.1 Å². The lowest BCUT2D eigenvalue weighted by atomic mass is 9.97. The molecule has 3 aromatic rings. The van der Waals surface area contributed by atoms with Crippen molar-refractivity contribution in [3.63, 3.8) is 0 Å². The van der Waals surface area contributed by atoms with Gasteiger partial charge in [-0.25, -0.2) is 9.97 Å². The number of fused-ring (bicyclic) bond motifs is 1. The first-order valence-corrected chi connectivity index (χ1v) is 6.58. The van der Waals surface area contributed by atoms with E-state index in [0.29, 0.717) is 0 Å². The molecule has 0 spiro atoms. The van der Waals surface area contributed by atoms with Gasteiger partial charge >= 0.3 is 0 Å². The maximum Gasteiger partial charge on any atom is 0.115 e. The number of pyridine rings is 1. The van der Waals surface area contributed by atoms with Crippen LogP contribution in [0.3, 0.4) is 0 Å². The van der Waals surface area contributed by atoms with Crippen molar-refractivity contribution in [2.24, 2.45) is 0 Å². The standard InChI is InChI=1S/C16H16N4/c1-11-7-14(13-5-3-4-6-15(13)20-11)16(17-2)12-8-18-10-19-9-12/h3-10,16-17H,1-2H3. The van der Waals surface area contributed by atoms with Gasteiger partial charge < -0.3 is 5.32 Å². The van der Waals surface area contributed by atoms with Gasteiger partial charge in [-0.3, -0.25) is 4.98 Å². The van der Waals surface area contributed by atoms with Crippen molar-refractivity contribution in [1.29, 1.82) is 0 Å². The minimum Gasteiger partial charge on any atom is -0.309 e. The number of nitrogens with zero attached hydrogens (tertiary/aromatic N) is 3. The Hall–Kier alpha value is -2.33. The molecule has 4 nitrogen and oxygen atoms in total. The van der Waals surface area contributed by atoms with Crippen molar-refractivity contribution in [3.05, 3.63) is 65.9 Å². The number of aryl methyl sites for hydroxylation is 1. The van der Waals surface area contributed by atoms with Crippen molar-refractivity contribution in [2.45, 2.75) is 13.0 Å². The highest BCUT2D eigenvalue weighted by Gasteiger charge is 2.16. The highest BCUT2D eigenvalue weighted by atomic mass is 14.9. The summed E-state index contributed by atoms with van der Waals surface area (Å²) in [6.07, 6.45) is 5.24. The van der Waals surface area contributed by atoms with E-state index >= 15 is 0 Å². The van der Waals surface area contributed by atoms with Crippen LogP contribution in [0.4, 0.5) is 0 Å². The van der Waals surface area contributed by atoms with Crippen LogP contribution in [0.25, 0.3) is 10.9 Å². The summed E-state index contributed by atoms with van der Waals surface area (Å²) in [4.78, 5) is 12.8. The molecule has 1 N–H and O–H groups in total. The number of hydrogen-bond acceptors (Lipinski definition) is 4. The zero-order valence-electron chi connectivity index (χ0n) is 11.5. The molecule has 0 fully saturated rings. The van der Waals surface area contributed by atoms with Crippen LogP contribution < -0.4 is 5.32 Å². The van der Waals surface area contributed by atoms with Crippen molar-refractivity contribution >= 4 is 10.9 Å². The third-order valence-corrected chi connectivity index (χ3v) is 3.39. The van der Waals surface area contributed by atoms with E-state index in [1.807, 2.05) is 44.6 Å². The number of para-hydroxylation sites is 1. The average molecular weight is 264 g/mol. The van der Waals surface area contributed by atoms with E-state index < -0.39 is 0 Å². The molecule has 0 aliphatic heterocycles. The van der Waals surface area contributed by atoms with E-state index in [4.69, 9.17) is 0 Å². The van der Waals surface area contributed by atoms with Gasteiger partial charge in [0.15, 0.2) is 0 Å². The molecule has 1 aromatic carbocycles. The van der Waals surface area contributed by atoms with Crippen molar-refractivity contribution in [2.75, 3.05) is 7.05 Å². The summed E-state index contributed by atoms with van der Waals surface area (Å²) in [5, 5.41) is 4.50. The van der Waals surface area contributed by atoms with E-state index in [2.05, 4.69) is 32.4 Å². The fourth-order valence-electron chi connectivity index (χ4n) is 2.54. The third kappa shape index (κ3) is 2.26. The van der Waals surface area contributed by atoms with Crippen molar-refractivity contribution in [3.8, 4) is 0 Å². The number of rotatable bonds is 3. The number of hydrogen-bond donors (Lipinski definition) is 1. The maximum atomic E-state index is 4.59. The molecule has 1 atom stereocenters. The largest absolute Gasteiger partial charge is 0.309 e. The summed E-state index contributed by atoms with van der Waals surface area (Å²) in [6, 6.07) is 10.4. The summed E-state index contributed by atoms with van der Waals surface area (Å²) < 4.78 is 0. The number of aromatic nitrogens is 3. The number of benzene rings is 1. The summed E-state index contributed by atoms with van der Waals surface area (Å²) in [5.41, 5.74) is 4.27. The SMILES string of the molecule is CNC(c1cncnc1)c1cc(C)nc2ccccc12. The van der Waals surface area contributed by atoms with Crippen LogP contribution in [-0.4, -0.2) is 22.0 Å². The molecule has 0 radical (unpaired) electrons. The molecule has 2 heterocycles. The number of nitrogens with one attached hydrogen (secondary N) is 1. The normalized spacial score (nSPS) is 12.5. The first-order valence-electron chi connectivity index (χ1n) is 6.58. The minimum absolute atomic E-state index is 0.0581. The van der Waals surface area contributed by atoms with Gasteiger partial charge in [-0.15, -0.1) is 0 Å². The average Bonchev–Trinajstić information content (AvgIpc) is 2.49. The fourth-order valence-corrected chi connectivity index (χ4v) is 2.54. The second kappa shape index (κ2) is 5.35. The van der Waals surface area contributed by atoms with E-state index in [0.717, 1.165) is 22.2 Å². The van der Waals surface area contributed by atoms with E-state index in [9.17, 15) is 0 Å². The van der Waals surface area contributed by atoms with Crippen LogP contribution in [0.5, 0.6) is 0 Å².